The van der Waals surface area contributed by atoms with Gasteiger partial charge in [0.25, 0.3) is 5.91 Å². The Labute approximate surface area is 139 Å². The third-order valence-corrected chi connectivity index (χ3v) is 3.50. The minimum absolute atomic E-state index is 0.0572. The molecule has 5 nitrogen and oxygen atoms in total. The number of nitrogens with one attached hydrogen (secondary N) is 2. The molecule has 2 amide bonds. The monoisotopic (exact) mass is 330 g/mol. The summed E-state index contributed by atoms with van der Waals surface area (Å²) >= 11 is 0. The molecule has 1 atom stereocenters. The van der Waals surface area contributed by atoms with E-state index in [1.807, 2.05) is 0 Å². The first kappa shape index (κ1) is 17.5. The zero-order chi connectivity index (χ0) is 17.7. The van der Waals surface area contributed by atoms with E-state index in [0.717, 1.165) is 0 Å². The number of benzene rings is 2. The van der Waals surface area contributed by atoms with Gasteiger partial charge in [0.2, 0.25) is 5.91 Å². The molecule has 0 fully saturated rings. The molecule has 0 aliphatic heterocycles. The van der Waals surface area contributed by atoms with Gasteiger partial charge in [0.05, 0.1) is 5.69 Å². The van der Waals surface area contributed by atoms with Crippen LogP contribution < -0.4 is 10.6 Å². The minimum Gasteiger partial charge on any atom is -0.506 e. The van der Waals surface area contributed by atoms with E-state index < -0.39 is 23.7 Å². The lowest BCUT2D eigenvalue weighted by molar-refractivity contribution is -0.118. The van der Waals surface area contributed by atoms with Crippen molar-refractivity contribution < 1.29 is 19.1 Å². The van der Waals surface area contributed by atoms with Crippen LogP contribution in [0.4, 0.5) is 10.1 Å². The van der Waals surface area contributed by atoms with Crippen molar-refractivity contribution in [1.82, 2.24) is 5.32 Å². The Morgan fingerprint density at radius 2 is 1.67 bits per heavy atom. The first-order chi connectivity index (χ1) is 11.4. The second kappa shape index (κ2) is 7.59. The molecule has 0 aliphatic rings. The third-order valence-electron chi connectivity index (χ3n) is 3.50. The molecule has 0 unspecified atom stereocenters. The van der Waals surface area contributed by atoms with E-state index in [-0.39, 0.29) is 22.9 Å². The number of aromatic hydroxyl groups is 1. The number of carbonyl (C=O) groups excluding carboxylic acids is 2. The zero-order valence-electron chi connectivity index (χ0n) is 13.4. The van der Waals surface area contributed by atoms with E-state index in [4.69, 9.17) is 0 Å². The van der Waals surface area contributed by atoms with Gasteiger partial charge in [-0.15, -0.1) is 0 Å². The summed E-state index contributed by atoms with van der Waals surface area (Å²) < 4.78 is 12.9. The number of para-hydroxylation sites is 2. The van der Waals surface area contributed by atoms with Gasteiger partial charge in [0.15, 0.2) is 0 Å². The van der Waals surface area contributed by atoms with E-state index >= 15 is 0 Å². The summed E-state index contributed by atoms with van der Waals surface area (Å²) in [4.78, 5) is 24.7. The molecule has 2 aromatic carbocycles. The topological polar surface area (TPSA) is 78.4 Å². The predicted molar refractivity (Wildman–Crippen MR) is 89.2 cm³/mol. The maximum Gasteiger partial charge on any atom is 0.251 e. The van der Waals surface area contributed by atoms with Crippen molar-refractivity contribution in [1.29, 1.82) is 0 Å². The molecule has 0 radical (unpaired) electrons. The van der Waals surface area contributed by atoms with Gasteiger partial charge in [0, 0.05) is 5.56 Å². The van der Waals surface area contributed by atoms with E-state index in [1.165, 1.54) is 30.3 Å². The number of hydrogen-bond donors (Lipinski definition) is 3. The molecule has 0 bridgehead atoms. The Bertz CT molecular complexity index is 729. The van der Waals surface area contributed by atoms with Crippen LogP contribution in [0.25, 0.3) is 0 Å². The van der Waals surface area contributed by atoms with Gasteiger partial charge in [-0.2, -0.15) is 0 Å². The molecule has 2 rings (SSSR count). The number of hydrogen-bond acceptors (Lipinski definition) is 3. The number of anilines is 1. The number of rotatable bonds is 5. The standard InChI is InChI=1S/C18H19FN2O3/c1-11(2)16(18(24)20-14-5-3-4-6-15(14)22)21-17(23)12-7-9-13(19)10-8-12/h3-11,16,22H,1-2H3,(H,20,24)(H,21,23)/t16-/m0/s1. The smallest absolute Gasteiger partial charge is 0.251 e. The first-order valence-electron chi connectivity index (χ1n) is 7.53. The number of phenols is 1. The average Bonchev–Trinajstić information content (AvgIpc) is 2.54. The number of amides is 2. The van der Waals surface area contributed by atoms with Gasteiger partial charge >= 0.3 is 0 Å². The summed E-state index contributed by atoms with van der Waals surface area (Å²) in [5, 5.41) is 15.0. The lowest BCUT2D eigenvalue weighted by Crippen LogP contribution is -2.47. The van der Waals surface area contributed by atoms with Gasteiger partial charge in [-0.1, -0.05) is 26.0 Å². The second-order valence-electron chi connectivity index (χ2n) is 5.71. The van der Waals surface area contributed by atoms with Gasteiger partial charge in [-0.05, 0) is 42.3 Å². The van der Waals surface area contributed by atoms with Crippen molar-refractivity contribution in [3.05, 3.63) is 59.9 Å². The Morgan fingerprint density at radius 3 is 2.25 bits per heavy atom. The molecule has 0 saturated heterocycles. The molecular formula is C18H19FN2O3. The maximum absolute atomic E-state index is 12.9. The molecule has 3 N–H and O–H groups in total. The lowest BCUT2D eigenvalue weighted by Gasteiger charge is -2.22. The predicted octanol–water partition coefficient (Wildman–Crippen LogP) is 2.92. The molecule has 0 spiro atoms. The van der Waals surface area contributed by atoms with Crippen LogP contribution in [0.2, 0.25) is 0 Å². The van der Waals surface area contributed by atoms with Crippen LogP contribution in [-0.2, 0) is 4.79 Å². The van der Waals surface area contributed by atoms with Crippen molar-refractivity contribution in [3.8, 4) is 5.75 Å². The SMILES string of the molecule is CC(C)[C@H](NC(=O)c1ccc(F)cc1)C(=O)Nc1ccccc1O. The second-order valence-corrected chi connectivity index (χ2v) is 5.71. The summed E-state index contributed by atoms with van der Waals surface area (Å²) in [6.07, 6.45) is 0. The fourth-order valence-corrected chi connectivity index (χ4v) is 2.15. The van der Waals surface area contributed by atoms with E-state index in [9.17, 15) is 19.1 Å². The van der Waals surface area contributed by atoms with Crippen LogP contribution in [0.3, 0.4) is 0 Å². The highest BCUT2D eigenvalue weighted by atomic mass is 19.1. The molecule has 24 heavy (non-hydrogen) atoms. The van der Waals surface area contributed by atoms with Gasteiger partial charge in [-0.3, -0.25) is 9.59 Å². The van der Waals surface area contributed by atoms with Crippen LogP contribution in [0.5, 0.6) is 5.75 Å². The molecule has 2 aromatic rings. The van der Waals surface area contributed by atoms with E-state index in [0.29, 0.717) is 0 Å². The highest BCUT2D eigenvalue weighted by molar-refractivity contribution is 6.01. The highest BCUT2D eigenvalue weighted by Crippen LogP contribution is 2.22. The average molecular weight is 330 g/mol. The maximum atomic E-state index is 12.9. The summed E-state index contributed by atoms with van der Waals surface area (Å²) in [5.74, 6) is -1.59. The highest BCUT2D eigenvalue weighted by Gasteiger charge is 2.25. The van der Waals surface area contributed by atoms with Gasteiger partial charge in [-0.25, -0.2) is 4.39 Å². The molecule has 0 saturated carbocycles. The molecule has 6 heteroatoms. The fraction of sp³-hybridized carbons (Fsp3) is 0.222. The van der Waals surface area contributed by atoms with E-state index in [1.54, 1.807) is 32.0 Å². The third kappa shape index (κ3) is 4.32. The quantitative estimate of drug-likeness (QED) is 0.738. The Morgan fingerprint density at radius 1 is 1.04 bits per heavy atom. The minimum atomic E-state index is -0.804. The van der Waals surface area contributed by atoms with Crippen molar-refractivity contribution in [3.63, 3.8) is 0 Å². The van der Waals surface area contributed by atoms with Crippen molar-refractivity contribution in [2.45, 2.75) is 19.9 Å². The Kier molecular flexibility index (Phi) is 5.52. The summed E-state index contributed by atoms with van der Waals surface area (Å²) in [6.45, 7) is 3.58. The normalized spacial score (nSPS) is 11.8. The van der Waals surface area contributed by atoms with Gasteiger partial charge < -0.3 is 15.7 Å². The lowest BCUT2D eigenvalue weighted by atomic mass is 10.0. The number of halogens is 1. The fourth-order valence-electron chi connectivity index (χ4n) is 2.15. The Balaban J connectivity index is 2.11. The van der Waals surface area contributed by atoms with Crippen LogP contribution in [0, 0.1) is 11.7 Å². The Hall–Kier alpha value is -2.89. The molecule has 0 aliphatic carbocycles. The number of phenolic OH excluding ortho intramolecular Hbond substituents is 1. The molecule has 126 valence electrons. The summed E-state index contributed by atoms with van der Waals surface area (Å²) in [6, 6.07) is 10.6. The van der Waals surface area contributed by atoms with Crippen molar-refractivity contribution in [2.75, 3.05) is 5.32 Å². The van der Waals surface area contributed by atoms with Crippen LogP contribution >= 0.6 is 0 Å². The summed E-state index contributed by atoms with van der Waals surface area (Å²) in [7, 11) is 0. The summed E-state index contributed by atoms with van der Waals surface area (Å²) in [5.41, 5.74) is 0.529. The zero-order valence-corrected chi connectivity index (χ0v) is 13.4. The molecule has 0 heterocycles. The van der Waals surface area contributed by atoms with Crippen LogP contribution in [0.1, 0.15) is 24.2 Å². The van der Waals surface area contributed by atoms with Crippen LogP contribution in [0.15, 0.2) is 48.5 Å². The van der Waals surface area contributed by atoms with Crippen molar-refractivity contribution >= 4 is 17.5 Å². The first-order valence-corrected chi connectivity index (χ1v) is 7.53. The molecular weight excluding hydrogens is 311 g/mol. The van der Waals surface area contributed by atoms with Crippen LogP contribution in [-0.4, -0.2) is 23.0 Å². The largest absolute Gasteiger partial charge is 0.506 e. The molecule has 0 aromatic heterocycles. The van der Waals surface area contributed by atoms with Crippen molar-refractivity contribution in [2.24, 2.45) is 5.92 Å². The van der Waals surface area contributed by atoms with Gasteiger partial charge in [0.1, 0.15) is 17.6 Å². The van der Waals surface area contributed by atoms with E-state index in [2.05, 4.69) is 10.6 Å². The number of carbonyl (C=O) groups is 2.